The Morgan fingerprint density at radius 3 is 2.90 bits per heavy atom. The first kappa shape index (κ1) is 15.9. The smallest absolute Gasteiger partial charge is 0.0833 e. The maximum absolute atomic E-state index is 10.1. The molecule has 1 heterocycles. The lowest BCUT2D eigenvalue weighted by atomic mass is 9.96. The number of thioether (sulfide) groups is 1. The summed E-state index contributed by atoms with van der Waals surface area (Å²) >= 11 is 1.67. The summed E-state index contributed by atoms with van der Waals surface area (Å²) < 4.78 is 2.14. The molecule has 0 amide bonds. The normalized spacial score (nSPS) is 19.9. The molecule has 2 rings (SSSR count). The number of aromatic nitrogens is 2. The highest BCUT2D eigenvalue weighted by molar-refractivity contribution is 7.98. The van der Waals surface area contributed by atoms with Gasteiger partial charge in [-0.3, -0.25) is 4.68 Å². The van der Waals surface area contributed by atoms with E-state index in [4.69, 9.17) is 0 Å². The molecule has 1 aromatic heterocycles. The van der Waals surface area contributed by atoms with Crippen LogP contribution in [0.25, 0.3) is 0 Å². The highest BCUT2D eigenvalue weighted by Crippen LogP contribution is 2.27. The second-order valence-corrected chi connectivity index (χ2v) is 6.98. The van der Waals surface area contributed by atoms with Crippen LogP contribution in [0.1, 0.15) is 50.8 Å². The highest BCUT2D eigenvalue weighted by Gasteiger charge is 2.19. The highest BCUT2D eigenvalue weighted by atomic mass is 32.2. The van der Waals surface area contributed by atoms with Crippen molar-refractivity contribution in [1.82, 2.24) is 15.1 Å². The van der Waals surface area contributed by atoms with E-state index in [-0.39, 0.29) is 0 Å². The molecule has 5 heteroatoms. The van der Waals surface area contributed by atoms with Gasteiger partial charge in [-0.1, -0.05) is 19.3 Å². The van der Waals surface area contributed by atoms with Crippen LogP contribution in [-0.4, -0.2) is 39.0 Å². The second-order valence-electron chi connectivity index (χ2n) is 6.11. The predicted molar refractivity (Wildman–Crippen MR) is 85.1 cm³/mol. The number of hydrogen-bond acceptors (Lipinski definition) is 4. The van der Waals surface area contributed by atoms with Crippen molar-refractivity contribution in [3.8, 4) is 0 Å². The Kier molecular flexibility index (Phi) is 5.93. The van der Waals surface area contributed by atoms with E-state index in [1.807, 2.05) is 13.2 Å². The molecule has 1 atom stereocenters. The van der Waals surface area contributed by atoms with E-state index in [1.54, 1.807) is 11.8 Å². The van der Waals surface area contributed by atoms with Gasteiger partial charge < -0.3 is 10.4 Å². The van der Waals surface area contributed by atoms with Crippen LogP contribution in [0.2, 0.25) is 0 Å². The van der Waals surface area contributed by atoms with Gasteiger partial charge in [-0.15, -0.1) is 0 Å². The Balaban J connectivity index is 1.78. The summed E-state index contributed by atoms with van der Waals surface area (Å²) in [7, 11) is 0. The van der Waals surface area contributed by atoms with Gasteiger partial charge in [0, 0.05) is 25.0 Å². The Bertz CT molecular complexity index is 400. The molecule has 114 valence electrons. The van der Waals surface area contributed by atoms with Gasteiger partial charge in [-0.2, -0.15) is 16.9 Å². The van der Waals surface area contributed by atoms with E-state index in [0.29, 0.717) is 12.6 Å². The molecular weight excluding hydrogens is 270 g/mol. The minimum Gasteiger partial charge on any atom is -0.388 e. The van der Waals surface area contributed by atoms with Crippen molar-refractivity contribution in [3.05, 3.63) is 18.0 Å². The van der Waals surface area contributed by atoms with Crippen LogP contribution in [0.15, 0.2) is 12.3 Å². The van der Waals surface area contributed by atoms with Crippen molar-refractivity contribution in [1.29, 1.82) is 0 Å². The van der Waals surface area contributed by atoms with Gasteiger partial charge in [0.2, 0.25) is 0 Å². The fourth-order valence-corrected chi connectivity index (χ4v) is 3.57. The minimum atomic E-state index is -0.647. The first-order valence-electron chi connectivity index (χ1n) is 7.57. The van der Waals surface area contributed by atoms with E-state index in [0.717, 1.165) is 18.0 Å². The Labute approximate surface area is 126 Å². The van der Waals surface area contributed by atoms with Crippen molar-refractivity contribution in [2.24, 2.45) is 0 Å². The lowest BCUT2D eigenvalue weighted by Gasteiger charge is -2.22. The van der Waals surface area contributed by atoms with Crippen molar-refractivity contribution < 1.29 is 5.11 Å². The SMILES string of the molecule is CSCC(C)(O)CNCc1ccn(C2CCCCC2)n1. The summed E-state index contributed by atoms with van der Waals surface area (Å²) in [6, 6.07) is 2.68. The van der Waals surface area contributed by atoms with Crippen molar-refractivity contribution in [2.75, 3.05) is 18.6 Å². The number of aliphatic hydroxyl groups is 1. The molecule has 1 aliphatic carbocycles. The molecule has 0 bridgehead atoms. The van der Waals surface area contributed by atoms with Crippen LogP contribution in [0.5, 0.6) is 0 Å². The molecule has 0 aliphatic heterocycles. The number of rotatable bonds is 7. The summed E-state index contributed by atoms with van der Waals surface area (Å²) in [6.45, 7) is 3.20. The van der Waals surface area contributed by atoms with Crippen molar-refractivity contribution in [3.63, 3.8) is 0 Å². The average molecular weight is 297 g/mol. The third-order valence-electron chi connectivity index (χ3n) is 3.88. The zero-order valence-electron chi connectivity index (χ0n) is 12.6. The number of nitrogens with zero attached hydrogens (tertiary/aromatic N) is 2. The van der Waals surface area contributed by atoms with Gasteiger partial charge in [0.05, 0.1) is 17.3 Å². The largest absolute Gasteiger partial charge is 0.388 e. The molecular formula is C15H27N3OS. The first-order valence-corrected chi connectivity index (χ1v) is 8.96. The molecule has 1 aliphatic rings. The molecule has 1 unspecified atom stereocenters. The molecule has 4 nitrogen and oxygen atoms in total. The monoisotopic (exact) mass is 297 g/mol. The number of nitrogens with one attached hydrogen (secondary N) is 1. The Morgan fingerprint density at radius 2 is 2.20 bits per heavy atom. The third-order valence-corrected chi connectivity index (χ3v) is 4.79. The van der Waals surface area contributed by atoms with E-state index in [9.17, 15) is 5.11 Å². The van der Waals surface area contributed by atoms with E-state index in [2.05, 4.69) is 27.4 Å². The minimum absolute atomic E-state index is 0.595. The van der Waals surface area contributed by atoms with Gasteiger partial charge in [0.15, 0.2) is 0 Å². The molecule has 2 N–H and O–H groups in total. The van der Waals surface area contributed by atoms with Gasteiger partial charge in [0.1, 0.15) is 0 Å². The summed E-state index contributed by atoms with van der Waals surface area (Å²) in [6.07, 6.45) is 10.7. The van der Waals surface area contributed by atoms with Crippen LogP contribution in [-0.2, 0) is 6.54 Å². The van der Waals surface area contributed by atoms with Crippen LogP contribution in [0, 0.1) is 0 Å². The zero-order valence-corrected chi connectivity index (χ0v) is 13.5. The van der Waals surface area contributed by atoms with Crippen molar-refractivity contribution in [2.45, 2.75) is 57.2 Å². The third kappa shape index (κ3) is 4.79. The molecule has 20 heavy (non-hydrogen) atoms. The molecule has 0 radical (unpaired) electrons. The Hall–Kier alpha value is -0.520. The van der Waals surface area contributed by atoms with Gasteiger partial charge in [-0.25, -0.2) is 0 Å². The van der Waals surface area contributed by atoms with Crippen LogP contribution in [0.3, 0.4) is 0 Å². The van der Waals surface area contributed by atoms with Crippen LogP contribution < -0.4 is 5.32 Å². The lowest BCUT2D eigenvalue weighted by Crippen LogP contribution is -2.39. The molecule has 0 spiro atoms. The van der Waals surface area contributed by atoms with Crippen molar-refractivity contribution >= 4 is 11.8 Å². The second kappa shape index (κ2) is 7.48. The maximum atomic E-state index is 10.1. The standard InChI is InChI=1S/C15H27N3OS/c1-15(19,12-20-2)11-16-10-13-8-9-18(17-13)14-6-4-3-5-7-14/h8-9,14,16,19H,3-7,10-12H2,1-2H3. The summed E-state index contributed by atoms with van der Waals surface area (Å²) in [5.41, 5.74) is 0.418. The number of hydrogen-bond donors (Lipinski definition) is 2. The summed E-state index contributed by atoms with van der Waals surface area (Å²) in [4.78, 5) is 0. The molecule has 0 aromatic carbocycles. The van der Waals surface area contributed by atoms with E-state index >= 15 is 0 Å². The quantitative estimate of drug-likeness (QED) is 0.812. The molecule has 0 saturated heterocycles. The fraction of sp³-hybridized carbons (Fsp3) is 0.800. The van der Waals surface area contributed by atoms with Crippen LogP contribution >= 0.6 is 11.8 Å². The topological polar surface area (TPSA) is 50.1 Å². The average Bonchev–Trinajstić information content (AvgIpc) is 2.88. The van der Waals surface area contributed by atoms with Gasteiger partial charge in [-0.05, 0) is 32.1 Å². The van der Waals surface area contributed by atoms with Gasteiger partial charge in [0.25, 0.3) is 0 Å². The molecule has 1 saturated carbocycles. The Morgan fingerprint density at radius 1 is 1.45 bits per heavy atom. The van der Waals surface area contributed by atoms with Gasteiger partial charge >= 0.3 is 0 Å². The predicted octanol–water partition coefficient (Wildman–Crippen LogP) is 2.59. The zero-order chi connectivity index (χ0) is 14.4. The maximum Gasteiger partial charge on any atom is 0.0833 e. The van der Waals surface area contributed by atoms with Crippen LogP contribution in [0.4, 0.5) is 0 Å². The first-order chi connectivity index (χ1) is 9.61. The summed E-state index contributed by atoms with van der Waals surface area (Å²) in [5.74, 6) is 0.747. The van der Waals surface area contributed by atoms with E-state index in [1.165, 1.54) is 32.1 Å². The lowest BCUT2D eigenvalue weighted by molar-refractivity contribution is 0.0844. The molecule has 1 aromatic rings. The van der Waals surface area contributed by atoms with E-state index < -0.39 is 5.60 Å². The fourth-order valence-electron chi connectivity index (χ4n) is 2.84. The summed E-state index contributed by atoms with van der Waals surface area (Å²) in [5, 5.41) is 18.1. The molecule has 1 fully saturated rings.